The normalized spacial score (nSPS) is 16.8. The minimum absolute atomic E-state index is 0.842. The summed E-state index contributed by atoms with van der Waals surface area (Å²) < 4.78 is 0. The Morgan fingerprint density at radius 1 is 1.10 bits per heavy atom. The van der Waals surface area contributed by atoms with Gasteiger partial charge < -0.3 is 10.2 Å². The summed E-state index contributed by atoms with van der Waals surface area (Å²) in [4.78, 5) is 2.55. The fourth-order valence-electron chi connectivity index (χ4n) is 2.89. The number of nitrogens with one attached hydrogen (secondary N) is 1. The van der Waals surface area contributed by atoms with Gasteiger partial charge in [0.1, 0.15) is 0 Å². The number of benzene rings is 1. The molecule has 3 heteroatoms. The Morgan fingerprint density at radius 3 is 2.50 bits per heavy atom. The van der Waals surface area contributed by atoms with Crippen LogP contribution in [0.15, 0.2) is 18.2 Å². The zero-order chi connectivity index (χ0) is 14.2. The summed E-state index contributed by atoms with van der Waals surface area (Å²) in [6, 6.07) is 6.35. The molecular formula is C17H27ClN2. The van der Waals surface area contributed by atoms with Gasteiger partial charge in [0, 0.05) is 30.3 Å². The molecule has 0 amide bonds. The van der Waals surface area contributed by atoms with Crippen molar-refractivity contribution in [1.29, 1.82) is 0 Å². The molecule has 0 unspecified atom stereocenters. The van der Waals surface area contributed by atoms with Crippen molar-refractivity contribution < 1.29 is 0 Å². The SMILES string of the molecule is CCCNCc1cc(Cl)ccc1N1CCCCCCC1. The van der Waals surface area contributed by atoms with E-state index in [1.807, 2.05) is 6.07 Å². The first-order valence-corrected chi connectivity index (χ1v) is 8.43. The van der Waals surface area contributed by atoms with Crippen molar-refractivity contribution in [2.24, 2.45) is 0 Å². The van der Waals surface area contributed by atoms with Crippen LogP contribution in [-0.2, 0) is 6.54 Å². The number of halogens is 1. The third-order valence-electron chi connectivity index (χ3n) is 3.98. The van der Waals surface area contributed by atoms with E-state index in [0.717, 1.165) is 18.1 Å². The summed E-state index contributed by atoms with van der Waals surface area (Å²) in [5.41, 5.74) is 2.71. The molecule has 2 rings (SSSR count). The zero-order valence-corrected chi connectivity index (χ0v) is 13.4. The third-order valence-corrected chi connectivity index (χ3v) is 4.22. The van der Waals surface area contributed by atoms with Gasteiger partial charge in [-0.25, -0.2) is 0 Å². The molecule has 0 spiro atoms. The summed E-state index contributed by atoms with van der Waals surface area (Å²) in [5, 5.41) is 4.34. The lowest BCUT2D eigenvalue weighted by Gasteiger charge is -2.29. The Hall–Kier alpha value is -0.730. The van der Waals surface area contributed by atoms with Gasteiger partial charge in [-0.1, -0.05) is 37.8 Å². The average molecular weight is 295 g/mol. The number of anilines is 1. The van der Waals surface area contributed by atoms with Gasteiger partial charge in [-0.2, -0.15) is 0 Å². The summed E-state index contributed by atoms with van der Waals surface area (Å²) in [6.07, 6.45) is 7.93. The van der Waals surface area contributed by atoms with Crippen LogP contribution in [0.25, 0.3) is 0 Å². The van der Waals surface area contributed by atoms with Crippen molar-refractivity contribution in [3.8, 4) is 0 Å². The maximum atomic E-state index is 6.18. The van der Waals surface area contributed by atoms with E-state index in [0.29, 0.717) is 0 Å². The van der Waals surface area contributed by atoms with Crippen LogP contribution in [0.3, 0.4) is 0 Å². The first kappa shape index (κ1) is 15.7. The average Bonchev–Trinajstić information content (AvgIpc) is 2.40. The highest BCUT2D eigenvalue weighted by atomic mass is 35.5. The number of hydrogen-bond donors (Lipinski definition) is 1. The lowest BCUT2D eigenvalue weighted by atomic mass is 10.1. The Bertz CT molecular complexity index is 398. The smallest absolute Gasteiger partial charge is 0.0412 e. The molecule has 1 N–H and O–H groups in total. The highest BCUT2D eigenvalue weighted by molar-refractivity contribution is 6.30. The van der Waals surface area contributed by atoms with E-state index < -0.39 is 0 Å². The van der Waals surface area contributed by atoms with Crippen molar-refractivity contribution in [3.05, 3.63) is 28.8 Å². The second-order valence-corrected chi connectivity index (χ2v) is 6.14. The molecule has 0 bridgehead atoms. The minimum Gasteiger partial charge on any atom is -0.371 e. The molecule has 0 atom stereocenters. The summed E-state index contributed by atoms with van der Waals surface area (Å²) in [6.45, 7) is 6.54. The van der Waals surface area contributed by atoms with Gasteiger partial charge in [-0.15, -0.1) is 0 Å². The highest BCUT2D eigenvalue weighted by Crippen LogP contribution is 2.26. The predicted molar refractivity (Wildman–Crippen MR) is 88.7 cm³/mol. The maximum Gasteiger partial charge on any atom is 0.0412 e. The van der Waals surface area contributed by atoms with Gasteiger partial charge in [-0.05, 0) is 49.6 Å². The van der Waals surface area contributed by atoms with Crippen LogP contribution in [0.1, 0.15) is 51.0 Å². The van der Waals surface area contributed by atoms with E-state index in [1.165, 1.54) is 62.9 Å². The number of hydrogen-bond acceptors (Lipinski definition) is 2. The van der Waals surface area contributed by atoms with Crippen molar-refractivity contribution in [2.75, 3.05) is 24.5 Å². The standard InChI is InChI=1S/C17H27ClN2/c1-2-10-19-14-15-13-16(18)8-9-17(15)20-11-6-4-3-5-7-12-20/h8-9,13,19H,2-7,10-12,14H2,1H3. The highest BCUT2D eigenvalue weighted by Gasteiger charge is 2.13. The Morgan fingerprint density at radius 2 is 1.80 bits per heavy atom. The lowest BCUT2D eigenvalue weighted by molar-refractivity contribution is 0.554. The predicted octanol–water partition coefficient (Wildman–Crippen LogP) is 4.61. The molecule has 1 heterocycles. The van der Waals surface area contributed by atoms with E-state index in [-0.39, 0.29) is 0 Å². The third kappa shape index (κ3) is 4.68. The first-order valence-electron chi connectivity index (χ1n) is 8.05. The van der Waals surface area contributed by atoms with Gasteiger partial charge in [0.25, 0.3) is 0 Å². The molecule has 0 saturated carbocycles. The largest absolute Gasteiger partial charge is 0.371 e. The molecule has 1 aliphatic heterocycles. The molecule has 112 valence electrons. The van der Waals surface area contributed by atoms with Gasteiger partial charge >= 0.3 is 0 Å². The molecule has 20 heavy (non-hydrogen) atoms. The number of nitrogens with zero attached hydrogens (tertiary/aromatic N) is 1. The second kappa shape index (κ2) is 8.53. The van der Waals surface area contributed by atoms with Gasteiger partial charge in [0.15, 0.2) is 0 Å². The van der Waals surface area contributed by atoms with Crippen LogP contribution < -0.4 is 10.2 Å². The molecule has 0 radical (unpaired) electrons. The molecule has 1 aromatic rings. The monoisotopic (exact) mass is 294 g/mol. The van der Waals surface area contributed by atoms with Crippen molar-refractivity contribution in [1.82, 2.24) is 5.32 Å². The van der Waals surface area contributed by atoms with Crippen LogP contribution in [0.4, 0.5) is 5.69 Å². The lowest BCUT2D eigenvalue weighted by Crippen LogP contribution is -2.28. The summed E-state index contributed by atoms with van der Waals surface area (Å²) >= 11 is 6.18. The van der Waals surface area contributed by atoms with Crippen LogP contribution in [0, 0.1) is 0 Å². The van der Waals surface area contributed by atoms with Crippen LogP contribution in [0.5, 0.6) is 0 Å². The maximum absolute atomic E-state index is 6.18. The second-order valence-electron chi connectivity index (χ2n) is 5.70. The van der Waals surface area contributed by atoms with E-state index in [1.54, 1.807) is 0 Å². The van der Waals surface area contributed by atoms with E-state index in [4.69, 9.17) is 11.6 Å². The molecule has 1 fully saturated rings. The van der Waals surface area contributed by atoms with Crippen molar-refractivity contribution in [3.63, 3.8) is 0 Å². The van der Waals surface area contributed by atoms with Crippen molar-refractivity contribution >= 4 is 17.3 Å². The minimum atomic E-state index is 0.842. The van der Waals surface area contributed by atoms with Crippen LogP contribution in [-0.4, -0.2) is 19.6 Å². The van der Waals surface area contributed by atoms with E-state index >= 15 is 0 Å². The molecule has 0 aromatic heterocycles. The van der Waals surface area contributed by atoms with Gasteiger partial charge in [0.05, 0.1) is 0 Å². The van der Waals surface area contributed by atoms with Crippen LogP contribution >= 0.6 is 11.6 Å². The first-order chi connectivity index (χ1) is 9.81. The molecule has 1 aromatic carbocycles. The topological polar surface area (TPSA) is 15.3 Å². The number of rotatable bonds is 5. The van der Waals surface area contributed by atoms with Crippen LogP contribution in [0.2, 0.25) is 5.02 Å². The fourth-order valence-corrected chi connectivity index (χ4v) is 3.09. The Kier molecular flexibility index (Phi) is 6.68. The summed E-state index contributed by atoms with van der Waals surface area (Å²) in [7, 11) is 0. The Labute approximate surface area is 128 Å². The van der Waals surface area contributed by atoms with Gasteiger partial charge in [-0.3, -0.25) is 0 Å². The molecule has 1 saturated heterocycles. The quantitative estimate of drug-likeness (QED) is 0.798. The molecule has 0 aliphatic carbocycles. The fraction of sp³-hybridized carbons (Fsp3) is 0.647. The Balaban J connectivity index is 2.10. The summed E-state index contributed by atoms with van der Waals surface area (Å²) in [5.74, 6) is 0. The molecular weight excluding hydrogens is 268 g/mol. The van der Waals surface area contributed by atoms with Gasteiger partial charge in [0.2, 0.25) is 0 Å². The molecule has 1 aliphatic rings. The zero-order valence-electron chi connectivity index (χ0n) is 12.6. The van der Waals surface area contributed by atoms with E-state index in [2.05, 4.69) is 29.3 Å². The van der Waals surface area contributed by atoms with Crippen molar-refractivity contribution in [2.45, 2.75) is 52.0 Å². The van der Waals surface area contributed by atoms with E-state index in [9.17, 15) is 0 Å². The molecule has 2 nitrogen and oxygen atoms in total.